The molecular weight excluding hydrogens is 332 g/mol. The van der Waals surface area contributed by atoms with E-state index in [1.54, 1.807) is 6.07 Å². The Bertz CT molecular complexity index is 775. The van der Waals surface area contributed by atoms with E-state index >= 15 is 0 Å². The SMILES string of the molecule is CCCCCc1cc(O)c2c(c1)OC(C)(C)C1CC=C(C(=O)O)C(=O)C21. The van der Waals surface area contributed by atoms with E-state index in [0.29, 0.717) is 17.7 Å². The number of aliphatic carboxylic acids is 1. The van der Waals surface area contributed by atoms with E-state index in [1.807, 2.05) is 19.9 Å². The number of Topliss-reactive ketones (excluding diaryl/α,β-unsaturated/α-hetero) is 1. The average Bonchev–Trinajstić information content (AvgIpc) is 2.54. The van der Waals surface area contributed by atoms with Crippen molar-refractivity contribution in [3.05, 3.63) is 34.9 Å². The zero-order valence-electron chi connectivity index (χ0n) is 15.5. The molecule has 5 nitrogen and oxygen atoms in total. The largest absolute Gasteiger partial charge is 0.507 e. The number of carboxylic acid groups (broad SMARTS) is 1. The van der Waals surface area contributed by atoms with E-state index in [9.17, 15) is 19.8 Å². The topological polar surface area (TPSA) is 83.8 Å². The summed E-state index contributed by atoms with van der Waals surface area (Å²) in [5, 5.41) is 20.0. The number of unbranched alkanes of at least 4 members (excludes halogenated alkanes) is 2. The van der Waals surface area contributed by atoms with Crippen molar-refractivity contribution >= 4 is 11.8 Å². The van der Waals surface area contributed by atoms with Crippen LogP contribution < -0.4 is 4.74 Å². The highest BCUT2D eigenvalue weighted by Crippen LogP contribution is 2.53. The molecule has 0 spiro atoms. The van der Waals surface area contributed by atoms with Crippen LogP contribution in [-0.4, -0.2) is 27.6 Å². The molecule has 0 radical (unpaired) electrons. The molecule has 0 aromatic heterocycles. The van der Waals surface area contributed by atoms with Crippen LogP contribution in [-0.2, 0) is 16.0 Å². The standard InChI is InChI=1S/C21H26O5/c1-4-5-6-7-12-10-15(22)18-16(11-12)26-21(2,3)14-9-8-13(20(24)25)19(23)17(14)18/h8,10-11,14,17,22H,4-7,9H2,1-3H3,(H,24,25). The third-order valence-corrected chi connectivity index (χ3v) is 5.58. The van der Waals surface area contributed by atoms with Gasteiger partial charge in [0, 0.05) is 11.5 Å². The molecule has 0 saturated carbocycles. The smallest absolute Gasteiger partial charge is 0.339 e. The molecule has 26 heavy (non-hydrogen) atoms. The van der Waals surface area contributed by atoms with Crippen molar-refractivity contribution in [3.63, 3.8) is 0 Å². The molecule has 140 valence electrons. The van der Waals surface area contributed by atoms with Crippen molar-refractivity contribution in [1.29, 1.82) is 0 Å². The normalized spacial score (nSPS) is 23.5. The second-order valence-corrected chi connectivity index (χ2v) is 7.80. The van der Waals surface area contributed by atoms with Crippen LogP contribution in [0, 0.1) is 5.92 Å². The summed E-state index contributed by atoms with van der Waals surface area (Å²) in [6, 6.07) is 3.59. The van der Waals surface area contributed by atoms with Crippen molar-refractivity contribution in [3.8, 4) is 11.5 Å². The van der Waals surface area contributed by atoms with Crippen molar-refractivity contribution in [2.45, 2.75) is 64.4 Å². The van der Waals surface area contributed by atoms with Crippen molar-refractivity contribution in [1.82, 2.24) is 0 Å². The first-order chi connectivity index (χ1) is 12.3. The highest BCUT2D eigenvalue weighted by atomic mass is 16.5. The van der Waals surface area contributed by atoms with Crippen molar-refractivity contribution < 1.29 is 24.5 Å². The van der Waals surface area contributed by atoms with Crippen LogP contribution in [0.15, 0.2) is 23.8 Å². The average molecular weight is 358 g/mol. The second-order valence-electron chi connectivity index (χ2n) is 7.80. The second kappa shape index (κ2) is 6.78. The van der Waals surface area contributed by atoms with Crippen molar-refractivity contribution in [2.24, 2.45) is 5.92 Å². The van der Waals surface area contributed by atoms with Crippen LogP contribution in [0.25, 0.3) is 0 Å². The number of fused-ring (bicyclic) bond motifs is 3. The number of hydrogen-bond acceptors (Lipinski definition) is 4. The molecule has 1 heterocycles. The number of aromatic hydroxyl groups is 1. The summed E-state index contributed by atoms with van der Waals surface area (Å²) in [4.78, 5) is 24.3. The molecule has 0 saturated heterocycles. The quantitative estimate of drug-likeness (QED) is 0.614. The van der Waals surface area contributed by atoms with E-state index in [0.717, 1.165) is 31.2 Å². The van der Waals surface area contributed by atoms with Gasteiger partial charge in [0.15, 0.2) is 5.78 Å². The highest BCUT2D eigenvalue weighted by Gasteiger charge is 2.50. The van der Waals surface area contributed by atoms with E-state index < -0.39 is 23.3 Å². The van der Waals surface area contributed by atoms with Gasteiger partial charge < -0.3 is 14.9 Å². The molecule has 0 bridgehead atoms. The number of phenols is 1. The molecule has 1 aromatic rings. The van der Waals surface area contributed by atoms with Crippen LogP contribution in [0.2, 0.25) is 0 Å². The monoisotopic (exact) mass is 358 g/mol. The molecular formula is C21H26O5. The summed E-state index contributed by atoms with van der Waals surface area (Å²) in [5.41, 5.74) is 0.593. The molecule has 2 unspecified atom stereocenters. The highest BCUT2D eigenvalue weighted by molar-refractivity contribution is 6.20. The maximum atomic E-state index is 12.9. The van der Waals surface area contributed by atoms with Gasteiger partial charge >= 0.3 is 5.97 Å². The fourth-order valence-electron chi connectivity index (χ4n) is 4.19. The molecule has 2 N–H and O–H groups in total. The van der Waals surface area contributed by atoms with Gasteiger partial charge in [-0.05, 0) is 50.8 Å². The number of carbonyl (C=O) groups excluding carboxylic acids is 1. The first-order valence-corrected chi connectivity index (χ1v) is 9.28. The fraction of sp³-hybridized carbons (Fsp3) is 0.524. The fourth-order valence-corrected chi connectivity index (χ4v) is 4.19. The van der Waals surface area contributed by atoms with E-state index in [-0.39, 0.29) is 17.2 Å². The van der Waals surface area contributed by atoms with Gasteiger partial charge in [0.25, 0.3) is 0 Å². The third kappa shape index (κ3) is 3.11. The van der Waals surface area contributed by atoms with Crippen LogP contribution in [0.5, 0.6) is 11.5 Å². The summed E-state index contributed by atoms with van der Waals surface area (Å²) < 4.78 is 6.17. The Kier molecular flexibility index (Phi) is 4.82. The zero-order valence-corrected chi connectivity index (χ0v) is 15.5. The van der Waals surface area contributed by atoms with Gasteiger partial charge in [-0.15, -0.1) is 0 Å². The number of ether oxygens (including phenoxy) is 1. The van der Waals surface area contributed by atoms with Crippen molar-refractivity contribution in [2.75, 3.05) is 0 Å². The minimum atomic E-state index is -1.21. The maximum absolute atomic E-state index is 12.9. The number of rotatable bonds is 5. The molecule has 3 rings (SSSR count). The Hall–Kier alpha value is -2.30. The Morgan fingerprint density at radius 2 is 2.04 bits per heavy atom. The Labute approximate surface area is 153 Å². The molecule has 1 aromatic carbocycles. The lowest BCUT2D eigenvalue weighted by Crippen LogP contribution is -2.48. The summed E-state index contributed by atoms with van der Waals surface area (Å²) in [6.45, 7) is 5.97. The van der Waals surface area contributed by atoms with Gasteiger partial charge in [-0.2, -0.15) is 0 Å². The van der Waals surface area contributed by atoms with Gasteiger partial charge in [-0.3, -0.25) is 4.79 Å². The lowest BCUT2D eigenvalue weighted by Gasteiger charge is -2.46. The van der Waals surface area contributed by atoms with Gasteiger partial charge in [0.05, 0.1) is 11.5 Å². The Morgan fingerprint density at radius 3 is 2.69 bits per heavy atom. The molecule has 1 aliphatic heterocycles. The van der Waals surface area contributed by atoms with E-state index in [2.05, 4.69) is 6.92 Å². The summed E-state index contributed by atoms with van der Waals surface area (Å²) in [6.07, 6.45) is 6.00. The van der Waals surface area contributed by atoms with E-state index in [4.69, 9.17) is 4.74 Å². The molecule has 5 heteroatoms. The zero-order chi connectivity index (χ0) is 19.1. The van der Waals surface area contributed by atoms with E-state index in [1.165, 1.54) is 6.08 Å². The first-order valence-electron chi connectivity index (χ1n) is 9.28. The number of benzene rings is 1. The number of carboxylic acids is 1. The van der Waals surface area contributed by atoms with Gasteiger partial charge in [0.1, 0.15) is 17.1 Å². The predicted octanol–water partition coefficient (Wildman–Crippen LogP) is 3.98. The molecule has 2 aliphatic rings. The minimum Gasteiger partial charge on any atom is -0.507 e. The summed E-state index contributed by atoms with van der Waals surface area (Å²) in [7, 11) is 0. The molecule has 1 aliphatic carbocycles. The lowest BCUT2D eigenvalue weighted by atomic mass is 9.66. The van der Waals surface area contributed by atoms with Gasteiger partial charge in [-0.1, -0.05) is 25.8 Å². The number of allylic oxidation sites excluding steroid dienone is 1. The van der Waals surface area contributed by atoms with Crippen LogP contribution in [0.4, 0.5) is 0 Å². The number of ketones is 1. The third-order valence-electron chi connectivity index (χ3n) is 5.58. The first kappa shape index (κ1) is 18.5. The Balaban J connectivity index is 2.05. The lowest BCUT2D eigenvalue weighted by molar-refractivity contribution is -0.136. The maximum Gasteiger partial charge on any atom is 0.339 e. The Morgan fingerprint density at radius 1 is 1.31 bits per heavy atom. The number of hydrogen-bond donors (Lipinski definition) is 2. The summed E-state index contributed by atoms with van der Waals surface area (Å²) >= 11 is 0. The van der Waals surface area contributed by atoms with Gasteiger partial charge in [-0.25, -0.2) is 4.79 Å². The van der Waals surface area contributed by atoms with Gasteiger partial charge in [0.2, 0.25) is 0 Å². The number of phenolic OH excluding ortho intramolecular Hbond substituents is 1. The van der Waals surface area contributed by atoms with Crippen LogP contribution >= 0.6 is 0 Å². The molecule has 0 fully saturated rings. The van der Waals surface area contributed by atoms with Crippen LogP contribution in [0.1, 0.15) is 63.5 Å². The molecule has 0 amide bonds. The predicted molar refractivity (Wildman–Crippen MR) is 97.6 cm³/mol. The van der Waals surface area contributed by atoms with Crippen LogP contribution in [0.3, 0.4) is 0 Å². The number of carbonyl (C=O) groups is 2. The summed E-state index contributed by atoms with van der Waals surface area (Å²) in [5.74, 6) is -2.02. The number of aryl methyl sites for hydroxylation is 1. The minimum absolute atomic E-state index is 0.0273. The molecule has 2 atom stereocenters.